The molecule has 1 fully saturated rings. The van der Waals surface area contributed by atoms with Gasteiger partial charge in [-0.25, -0.2) is 4.79 Å². The molecule has 1 atom stereocenters. The highest BCUT2D eigenvalue weighted by Crippen LogP contribution is 2.24. The SMILES string of the molecule is CC1CNCCN1C(=O)Nc1ccc(OC(F)(F)F)cc1. The van der Waals surface area contributed by atoms with Gasteiger partial charge in [-0.05, 0) is 31.2 Å². The van der Waals surface area contributed by atoms with Crippen LogP contribution in [0.5, 0.6) is 5.75 Å². The summed E-state index contributed by atoms with van der Waals surface area (Å²) in [4.78, 5) is 13.7. The topological polar surface area (TPSA) is 53.6 Å². The number of benzene rings is 1. The van der Waals surface area contributed by atoms with Crippen molar-refractivity contribution in [2.24, 2.45) is 0 Å². The molecule has 0 aromatic heterocycles. The van der Waals surface area contributed by atoms with Gasteiger partial charge in [0.1, 0.15) is 5.75 Å². The van der Waals surface area contributed by atoms with Crippen LogP contribution in [0, 0.1) is 0 Å². The minimum atomic E-state index is -4.72. The summed E-state index contributed by atoms with van der Waals surface area (Å²) in [7, 11) is 0. The number of rotatable bonds is 2. The molecule has 0 saturated carbocycles. The molecule has 0 bridgehead atoms. The third-order valence-electron chi connectivity index (χ3n) is 3.10. The van der Waals surface area contributed by atoms with E-state index in [0.29, 0.717) is 18.8 Å². The number of hydrogen-bond acceptors (Lipinski definition) is 3. The van der Waals surface area contributed by atoms with E-state index >= 15 is 0 Å². The van der Waals surface area contributed by atoms with Crippen molar-refractivity contribution in [1.29, 1.82) is 0 Å². The summed E-state index contributed by atoms with van der Waals surface area (Å²) in [5.74, 6) is -0.323. The van der Waals surface area contributed by atoms with Crippen LogP contribution >= 0.6 is 0 Å². The maximum atomic E-state index is 12.1. The maximum Gasteiger partial charge on any atom is 0.573 e. The van der Waals surface area contributed by atoms with Crippen LogP contribution in [-0.2, 0) is 0 Å². The lowest BCUT2D eigenvalue weighted by molar-refractivity contribution is -0.274. The lowest BCUT2D eigenvalue weighted by Crippen LogP contribution is -2.53. The van der Waals surface area contributed by atoms with Crippen molar-refractivity contribution in [3.05, 3.63) is 24.3 Å². The first kappa shape index (κ1) is 15.4. The minimum Gasteiger partial charge on any atom is -0.406 e. The number of nitrogens with zero attached hydrogens (tertiary/aromatic N) is 1. The fourth-order valence-corrected chi connectivity index (χ4v) is 2.08. The fourth-order valence-electron chi connectivity index (χ4n) is 2.08. The van der Waals surface area contributed by atoms with Crippen LogP contribution in [0.2, 0.25) is 0 Å². The van der Waals surface area contributed by atoms with Crippen LogP contribution in [0.15, 0.2) is 24.3 Å². The second-order valence-corrected chi connectivity index (χ2v) is 4.75. The van der Waals surface area contributed by atoms with E-state index in [9.17, 15) is 18.0 Å². The van der Waals surface area contributed by atoms with Crippen molar-refractivity contribution >= 4 is 11.7 Å². The van der Waals surface area contributed by atoms with E-state index in [-0.39, 0.29) is 17.8 Å². The summed E-state index contributed by atoms with van der Waals surface area (Å²) in [5.41, 5.74) is 0.417. The molecule has 0 spiro atoms. The molecule has 8 heteroatoms. The Morgan fingerprint density at radius 1 is 1.38 bits per heavy atom. The number of anilines is 1. The smallest absolute Gasteiger partial charge is 0.406 e. The van der Waals surface area contributed by atoms with E-state index in [1.54, 1.807) is 4.90 Å². The van der Waals surface area contributed by atoms with Gasteiger partial charge in [-0.1, -0.05) is 0 Å². The zero-order chi connectivity index (χ0) is 15.5. The Labute approximate surface area is 120 Å². The summed E-state index contributed by atoms with van der Waals surface area (Å²) in [5, 5.41) is 5.82. The quantitative estimate of drug-likeness (QED) is 0.882. The Morgan fingerprint density at radius 2 is 2.05 bits per heavy atom. The summed E-state index contributed by atoms with van der Waals surface area (Å²) in [6.45, 7) is 3.94. The van der Waals surface area contributed by atoms with Crippen molar-refractivity contribution in [1.82, 2.24) is 10.2 Å². The highest BCUT2D eigenvalue weighted by molar-refractivity contribution is 5.89. The third kappa shape index (κ3) is 4.52. The molecule has 1 aliphatic heterocycles. The molecule has 2 N–H and O–H groups in total. The Kier molecular flexibility index (Phi) is 4.56. The first-order valence-electron chi connectivity index (χ1n) is 6.49. The molecule has 5 nitrogen and oxygen atoms in total. The van der Waals surface area contributed by atoms with Gasteiger partial charge in [-0.15, -0.1) is 13.2 Å². The van der Waals surface area contributed by atoms with Crippen LogP contribution in [0.1, 0.15) is 6.92 Å². The van der Waals surface area contributed by atoms with Crippen molar-refractivity contribution in [2.45, 2.75) is 19.3 Å². The molecule has 0 aliphatic carbocycles. The summed E-state index contributed by atoms with van der Waals surface area (Å²) in [6, 6.07) is 4.84. The van der Waals surface area contributed by atoms with Crippen molar-refractivity contribution in [3.8, 4) is 5.75 Å². The first-order chi connectivity index (χ1) is 9.85. The molecule has 1 heterocycles. The van der Waals surface area contributed by atoms with Gasteiger partial charge in [0.15, 0.2) is 0 Å². The van der Waals surface area contributed by atoms with Crippen molar-refractivity contribution in [3.63, 3.8) is 0 Å². The molecule has 1 unspecified atom stereocenters. The van der Waals surface area contributed by atoms with Gasteiger partial charge < -0.3 is 20.3 Å². The number of carbonyl (C=O) groups excluding carboxylic acids is 1. The average molecular weight is 303 g/mol. The van der Waals surface area contributed by atoms with Gasteiger partial charge in [0.05, 0.1) is 0 Å². The first-order valence-corrected chi connectivity index (χ1v) is 6.49. The Balaban J connectivity index is 1.95. The lowest BCUT2D eigenvalue weighted by atomic mass is 10.2. The van der Waals surface area contributed by atoms with Gasteiger partial charge in [0, 0.05) is 31.4 Å². The summed E-state index contributed by atoms with van der Waals surface area (Å²) in [6.07, 6.45) is -4.72. The van der Waals surface area contributed by atoms with Crippen molar-refractivity contribution in [2.75, 3.05) is 25.0 Å². The largest absolute Gasteiger partial charge is 0.573 e. The van der Waals surface area contributed by atoms with Gasteiger partial charge in [0.25, 0.3) is 0 Å². The third-order valence-corrected chi connectivity index (χ3v) is 3.10. The van der Waals surface area contributed by atoms with E-state index in [1.165, 1.54) is 12.1 Å². The van der Waals surface area contributed by atoms with Gasteiger partial charge in [0.2, 0.25) is 0 Å². The lowest BCUT2D eigenvalue weighted by Gasteiger charge is -2.33. The van der Waals surface area contributed by atoms with Gasteiger partial charge in [-0.3, -0.25) is 0 Å². The molecule has 1 aromatic carbocycles. The number of alkyl halides is 3. The van der Waals surface area contributed by atoms with E-state index < -0.39 is 6.36 Å². The number of carbonyl (C=O) groups is 1. The Bertz CT molecular complexity index is 490. The minimum absolute atomic E-state index is 0.0617. The Hall–Kier alpha value is -1.96. The second-order valence-electron chi connectivity index (χ2n) is 4.75. The normalized spacial score (nSPS) is 19.2. The molecule has 116 valence electrons. The van der Waals surface area contributed by atoms with Crippen LogP contribution in [0.4, 0.5) is 23.7 Å². The molecule has 2 amide bonds. The molecule has 1 aliphatic rings. The average Bonchev–Trinajstić information content (AvgIpc) is 2.40. The number of nitrogens with one attached hydrogen (secondary N) is 2. The van der Waals surface area contributed by atoms with E-state index in [4.69, 9.17) is 0 Å². The molecule has 0 radical (unpaired) electrons. The fraction of sp³-hybridized carbons (Fsp3) is 0.462. The summed E-state index contributed by atoms with van der Waals surface area (Å²) >= 11 is 0. The standard InChI is InChI=1S/C13H16F3N3O2/c1-9-8-17-6-7-19(9)12(20)18-10-2-4-11(5-3-10)21-13(14,15)16/h2-5,9,17H,6-8H2,1H3,(H,18,20). The van der Waals surface area contributed by atoms with Crippen LogP contribution in [0.3, 0.4) is 0 Å². The highest BCUT2D eigenvalue weighted by Gasteiger charge is 2.31. The molecule has 1 saturated heterocycles. The second kappa shape index (κ2) is 6.21. The Morgan fingerprint density at radius 3 is 2.62 bits per heavy atom. The number of hydrogen-bond donors (Lipinski definition) is 2. The number of piperazine rings is 1. The summed E-state index contributed by atoms with van der Waals surface area (Å²) < 4.78 is 39.9. The van der Waals surface area contributed by atoms with Gasteiger partial charge >= 0.3 is 12.4 Å². The van der Waals surface area contributed by atoms with E-state index in [0.717, 1.165) is 18.7 Å². The maximum absolute atomic E-state index is 12.1. The number of halogens is 3. The predicted octanol–water partition coefficient (Wildman–Crippen LogP) is 2.41. The zero-order valence-electron chi connectivity index (χ0n) is 11.4. The highest BCUT2D eigenvalue weighted by atomic mass is 19.4. The molecule has 1 aromatic rings. The molecule has 2 rings (SSSR count). The monoisotopic (exact) mass is 303 g/mol. The number of ether oxygens (including phenoxy) is 1. The molecular weight excluding hydrogens is 287 g/mol. The van der Waals surface area contributed by atoms with E-state index in [1.807, 2.05) is 6.92 Å². The molecular formula is C13H16F3N3O2. The number of amides is 2. The predicted molar refractivity (Wildman–Crippen MR) is 71.2 cm³/mol. The van der Waals surface area contributed by atoms with Gasteiger partial charge in [-0.2, -0.15) is 0 Å². The number of urea groups is 1. The van der Waals surface area contributed by atoms with Crippen LogP contribution in [0.25, 0.3) is 0 Å². The van der Waals surface area contributed by atoms with Crippen LogP contribution < -0.4 is 15.4 Å². The zero-order valence-corrected chi connectivity index (χ0v) is 11.4. The molecule has 21 heavy (non-hydrogen) atoms. The van der Waals surface area contributed by atoms with E-state index in [2.05, 4.69) is 15.4 Å². The van der Waals surface area contributed by atoms with Crippen LogP contribution in [-0.4, -0.2) is 43.0 Å². The van der Waals surface area contributed by atoms with Crippen molar-refractivity contribution < 1.29 is 22.7 Å².